The number of hydrogen-bond acceptors (Lipinski definition) is 4. The van der Waals surface area contributed by atoms with Crippen LogP contribution in [0.4, 0.5) is 5.69 Å². The zero-order valence-electron chi connectivity index (χ0n) is 13.1. The lowest BCUT2D eigenvalue weighted by molar-refractivity contribution is -0.113. The predicted octanol–water partition coefficient (Wildman–Crippen LogP) is 2.15. The summed E-state index contributed by atoms with van der Waals surface area (Å²) in [7, 11) is -3.54. The van der Waals surface area contributed by atoms with E-state index in [-0.39, 0.29) is 12.3 Å². The van der Waals surface area contributed by atoms with Crippen molar-refractivity contribution < 1.29 is 13.2 Å². The summed E-state index contributed by atoms with van der Waals surface area (Å²) < 4.78 is 22.2. The van der Waals surface area contributed by atoms with Crippen molar-refractivity contribution in [3.8, 4) is 6.07 Å². The predicted molar refractivity (Wildman–Crippen MR) is 91.9 cm³/mol. The van der Waals surface area contributed by atoms with Crippen molar-refractivity contribution in [1.82, 2.24) is 0 Å². The zero-order valence-corrected chi connectivity index (χ0v) is 14.0. The average Bonchev–Trinajstić information content (AvgIpc) is 2.96. The SMILES string of the molecule is CS(=O)(=O)C1(C#N)C=CC(C2=CC(=O)N(c3ccccc3)C2)=CC1. The van der Waals surface area contributed by atoms with Gasteiger partial charge in [0.25, 0.3) is 5.91 Å². The van der Waals surface area contributed by atoms with Crippen LogP contribution in [-0.4, -0.2) is 31.9 Å². The van der Waals surface area contributed by atoms with Crippen LogP contribution in [0, 0.1) is 11.3 Å². The summed E-state index contributed by atoms with van der Waals surface area (Å²) in [4.78, 5) is 13.9. The molecule has 3 rings (SSSR count). The molecule has 0 N–H and O–H groups in total. The van der Waals surface area contributed by atoms with E-state index in [0.29, 0.717) is 6.54 Å². The van der Waals surface area contributed by atoms with Crippen LogP contribution in [0.1, 0.15) is 6.42 Å². The fourth-order valence-electron chi connectivity index (χ4n) is 2.82. The number of sulfone groups is 1. The fraction of sp³-hybridized carbons (Fsp3) is 0.222. The molecule has 1 aromatic rings. The quantitative estimate of drug-likeness (QED) is 0.845. The van der Waals surface area contributed by atoms with Crippen molar-refractivity contribution in [2.24, 2.45) is 0 Å². The van der Waals surface area contributed by atoms with Gasteiger partial charge in [0, 0.05) is 24.4 Å². The topological polar surface area (TPSA) is 78.2 Å². The number of carbonyl (C=O) groups excluding carboxylic acids is 1. The number of nitriles is 1. The first kappa shape index (κ1) is 16.2. The molecule has 0 saturated heterocycles. The van der Waals surface area contributed by atoms with Crippen LogP contribution in [0.2, 0.25) is 0 Å². The highest BCUT2D eigenvalue weighted by Crippen LogP contribution is 2.33. The molecule has 1 aromatic carbocycles. The molecule has 0 spiro atoms. The van der Waals surface area contributed by atoms with Crippen molar-refractivity contribution >= 4 is 21.4 Å². The van der Waals surface area contributed by atoms with Crippen molar-refractivity contribution in [2.45, 2.75) is 11.2 Å². The van der Waals surface area contributed by atoms with E-state index < -0.39 is 14.6 Å². The molecule has 1 heterocycles. The van der Waals surface area contributed by atoms with Gasteiger partial charge in [-0.2, -0.15) is 5.26 Å². The lowest BCUT2D eigenvalue weighted by Crippen LogP contribution is -2.35. The first-order valence-corrected chi connectivity index (χ1v) is 9.33. The minimum Gasteiger partial charge on any atom is -0.304 e. The summed E-state index contributed by atoms with van der Waals surface area (Å²) in [5, 5.41) is 9.27. The number of benzene rings is 1. The van der Waals surface area contributed by atoms with Gasteiger partial charge in [-0.3, -0.25) is 4.79 Å². The number of anilines is 1. The molecule has 0 saturated carbocycles. The minimum absolute atomic E-state index is 0.0883. The summed E-state index contributed by atoms with van der Waals surface area (Å²) >= 11 is 0. The molecular weight excluding hydrogens is 324 g/mol. The van der Waals surface area contributed by atoms with Gasteiger partial charge < -0.3 is 4.90 Å². The molecule has 2 aliphatic rings. The van der Waals surface area contributed by atoms with Crippen LogP contribution >= 0.6 is 0 Å². The maximum atomic E-state index is 12.2. The number of hydrogen-bond donors (Lipinski definition) is 0. The van der Waals surface area contributed by atoms with Gasteiger partial charge >= 0.3 is 0 Å². The summed E-state index contributed by atoms with van der Waals surface area (Å²) in [6.45, 7) is 0.428. The molecule has 1 unspecified atom stereocenters. The van der Waals surface area contributed by atoms with Crippen LogP contribution in [0.25, 0.3) is 0 Å². The van der Waals surface area contributed by atoms with E-state index in [1.807, 2.05) is 36.4 Å². The number of rotatable bonds is 3. The molecule has 0 fully saturated rings. The third-order valence-corrected chi connectivity index (χ3v) is 6.06. The second-order valence-electron chi connectivity index (χ2n) is 5.90. The van der Waals surface area contributed by atoms with Crippen LogP contribution in [-0.2, 0) is 14.6 Å². The molecule has 1 aliphatic carbocycles. The second kappa shape index (κ2) is 5.77. The highest BCUT2D eigenvalue weighted by Gasteiger charge is 2.39. The molecule has 0 radical (unpaired) electrons. The van der Waals surface area contributed by atoms with Gasteiger partial charge in [0.1, 0.15) is 0 Å². The zero-order chi connectivity index (χ0) is 17.4. The maximum Gasteiger partial charge on any atom is 0.251 e. The number of allylic oxidation sites excluding steroid dienone is 2. The lowest BCUT2D eigenvalue weighted by atomic mass is 9.93. The van der Waals surface area contributed by atoms with Gasteiger partial charge in [0.2, 0.25) is 0 Å². The largest absolute Gasteiger partial charge is 0.304 e. The average molecular weight is 340 g/mol. The highest BCUT2D eigenvalue weighted by atomic mass is 32.2. The molecule has 1 amide bonds. The molecule has 122 valence electrons. The van der Waals surface area contributed by atoms with Crippen molar-refractivity contribution in [3.05, 3.63) is 65.8 Å². The van der Waals surface area contributed by atoms with Gasteiger partial charge in [-0.05, 0) is 29.4 Å². The van der Waals surface area contributed by atoms with Crippen molar-refractivity contribution in [2.75, 3.05) is 17.7 Å². The third kappa shape index (κ3) is 2.68. The van der Waals surface area contributed by atoms with E-state index in [2.05, 4.69) is 0 Å². The second-order valence-corrected chi connectivity index (χ2v) is 8.17. The Labute approximate surface area is 141 Å². The van der Waals surface area contributed by atoms with E-state index in [1.54, 1.807) is 23.1 Å². The van der Waals surface area contributed by atoms with Gasteiger partial charge in [0.15, 0.2) is 14.6 Å². The van der Waals surface area contributed by atoms with Gasteiger partial charge in [-0.15, -0.1) is 0 Å². The Morgan fingerprint density at radius 1 is 1.25 bits per heavy atom. The Kier molecular flexibility index (Phi) is 3.90. The summed E-state index contributed by atoms with van der Waals surface area (Å²) in [5.74, 6) is -0.106. The molecule has 0 bridgehead atoms. The van der Waals surface area contributed by atoms with Crippen LogP contribution in [0.5, 0.6) is 0 Å². The summed E-state index contributed by atoms with van der Waals surface area (Å²) in [6.07, 6.45) is 7.48. The van der Waals surface area contributed by atoms with Gasteiger partial charge in [-0.1, -0.05) is 30.4 Å². The Balaban J connectivity index is 1.83. The molecule has 6 heteroatoms. The van der Waals surface area contributed by atoms with Crippen LogP contribution < -0.4 is 4.90 Å². The van der Waals surface area contributed by atoms with Gasteiger partial charge in [-0.25, -0.2) is 8.42 Å². The van der Waals surface area contributed by atoms with Crippen molar-refractivity contribution in [1.29, 1.82) is 5.26 Å². The standard InChI is InChI=1S/C18H16N2O3S/c1-24(22,23)18(13-19)9-7-14(8-10-18)15-11-17(21)20(12-15)16-5-3-2-4-6-16/h2-9,11H,10,12H2,1H3. The normalized spacial score (nSPS) is 23.7. The van der Waals surface area contributed by atoms with E-state index in [0.717, 1.165) is 23.1 Å². The summed E-state index contributed by atoms with van der Waals surface area (Å²) in [5.41, 5.74) is 2.42. The molecular formula is C18H16N2O3S. The highest BCUT2D eigenvalue weighted by molar-refractivity contribution is 7.92. The number of amides is 1. The Morgan fingerprint density at radius 2 is 1.96 bits per heavy atom. The fourth-order valence-corrected chi connectivity index (χ4v) is 3.69. The number of nitrogens with zero attached hydrogens (tertiary/aromatic N) is 2. The third-order valence-electron chi connectivity index (χ3n) is 4.34. The van der Waals surface area contributed by atoms with Crippen LogP contribution in [0.3, 0.4) is 0 Å². The molecule has 1 atom stereocenters. The van der Waals surface area contributed by atoms with Crippen molar-refractivity contribution in [3.63, 3.8) is 0 Å². The summed E-state index contributed by atoms with van der Waals surface area (Å²) in [6, 6.07) is 11.3. The van der Waals surface area contributed by atoms with E-state index in [1.165, 1.54) is 6.08 Å². The molecule has 5 nitrogen and oxygen atoms in total. The smallest absolute Gasteiger partial charge is 0.251 e. The minimum atomic E-state index is -3.54. The molecule has 24 heavy (non-hydrogen) atoms. The molecule has 1 aliphatic heterocycles. The van der Waals surface area contributed by atoms with E-state index in [9.17, 15) is 18.5 Å². The maximum absolute atomic E-state index is 12.2. The molecule has 0 aromatic heterocycles. The van der Waals surface area contributed by atoms with E-state index in [4.69, 9.17) is 0 Å². The van der Waals surface area contributed by atoms with Gasteiger partial charge in [0.05, 0.1) is 12.6 Å². The Hall–Kier alpha value is -2.65. The Morgan fingerprint density at radius 3 is 2.50 bits per heavy atom. The Bertz CT molecular complexity index is 921. The lowest BCUT2D eigenvalue weighted by Gasteiger charge is -2.23. The van der Waals surface area contributed by atoms with E-state index >= 15 is 0 Å². The number of carbonyl (C=O) groups is 1. The first-order chi connectivity index (χ1) is 11.4. The van der Waals surface area contributed by atoms with Crippen LogP contribution in [0.15, 0.2) is 65.8 Å². The monoisotopic (exact) mass is 340 g/mol. The number of para-hydroxylation sites is 1. The first-order valence-electron chi connectivity index (χ1n) is 7.44.